The van der Waals surface area contributed by atoms with Crippen molar-refractivity contribution in [1.29, 1.82) is 0 Å². The summed E-state index contributed by atoms with van der Waals surface area (Å²) in [6.45, 7) is 2.35. The maximum absolute atomic E-state index is 13.7. The molecule has 0 saturated heterocycles. The van der Waals surface area contributed by atoms with E-state index < -0.39 is 0 Å². The molecule has 3 heteroatoms. The van der Waals surface area contributed by atoms with E-state index in [0.29, 0.717) is 17.8 Å². The number of benzene rings is 2. The van der Waals surface area contributed by atoms with Crippen LogP contribution in [0.4, 0.5) is 10.1 Å². The molecule has 0 aromatic heterocycles. The minimum Gasteiger partial charge on any atom is -0.372 e. The van der Waals surface area contributed by atoms with Gasteiger partial charge in [-0.15, -0.1) is 0 Å². The number of halogens is 1. The Morgan fingerprint density at radius 2 is 1.70 bits per heavy atom. The average molecular weight is 271 g/mol. The topological polar surface area (TPSA) is 20.3 Å². The minimum atomic E-state index is -0.269. The highest BCUT2D eigenvalue weighted by Crippen LogP contribution is 2.19. The van der Waals surface area contributed by atoms with Gasteiger partial charge in [-0.1, -0.05) is 49.4 Å². The Hall–Kier alpha value is -2.16. The van der Waals surface area contributed by atoms with Gasteiger partial charge in [-0.05, 0) is 12.1 Å². The van der Waals surface area contributed by atoms with E-state index in [1.807, 2.05) is 37.3 Å². The first-order chi connectivity index (χ1) is 9.59. The van der Waals surface area contributed by atoms with Crippen LogP contribution < -0.4 is 4.90 Å². The van der Waals surface area contributed by atoms with Crippen molar-refractivity contribution >= 4 is 11.5 Å². The van der Waals surface area contributed by atoms with Crippen molar-refractivity contribution in [3.63, 3.8) is 0 Å². The molecule has 104 valence electrons. The number of carbonyl (C=O) groups excluding carboxylic acids is 1. The van der Waals surface area contributed by atoms with Gasteiger partial charge < -0.3 is 4.90 Å². The number of nitrogens with zero attached hydrogens (tertiary/aromatic N) is 1. The molecule has 0 spiro atoms. The summed E-state index contributed by atoms with van der Waals surface area (Å²) in [5, 5.41) is 0. The number of carbonyl (C=O) groups is 1. The van der Waals surface area contributed by atoms with Crippen LogP contribution in [0.2, 0.25) is 0 Å². The Balaban J connectivity index is 2.06. The summed E-state index contributed by atoms with van der Waals surface area (Å²) < 4.78 is 13.7. The van der Waals surface area contributed by atoms with Crippen LogP contribution in [0.5, 0.6) is 0 Å². The first-order valence-corrected chi connectivity index (χ1v) is 6.64. The van der Waals surface area contributed by atoms with Gasteiger partial charge in [0.25, 0.3) is 0 Å². The summed E-state index contributed by atoms with van der Waals surface area (Å²) in [4.78, 5) is 14.1. The second-order valence-corrected chi connectivity index (χ2v) is 4.96. The smallest absolute Gasteiger partial charge is 0.167 e. The van der Waals surface area contributed by atoms with E-state index in [2.05, 4.69) is 0 Å². The molecule has 20 heavy (non-hydrogen) atoms. The molecule has 0 aliphatic carbocycles. The molecule has 2 nitrogen and oxygen atoms in total. The zero-order valence-electron chi connectivity index (χ0n) is 11.7. The number of hydrogen-bond acceptors (Lipinski definition) is 2. The molecule has 1 atom stereocenters. The second kappa shape index (κ2) is 6.33. The lowest BCUT2D eigenvalue weighted by molar-refractivity contribution is 0.0933. The summed E-state index contributed by atoms with van der Waals surface area (Å²) in [5.74, 6) is -0.384. The molecule has 2 rings (SSSR count). The molecule has 0 amide bonds. The number of hydrogen-bond donors (Lipinski definition) is 0. The molecule has 0 aliphatic rings. The highest BCUT2D eigenvalue weighted by molar-refractivity contribution is 5.97. The van der Waals surface area contributed by atoms with Crippen molar-refractivity contribution in [2.75, 3.05) is 18.5 Å². The fraction of sp³-hybridized carbons (Fsp3) is 0.235. The zero-order valence-corrected chi connectivity index (χ0v) is 11.7. The summed E-state index contributed by atoms with van der Waals surface area (Å²) in [6.07, 6.45) is 0. The van der Waals surface area contributed by atoms with Crippen molar-refractivity contribution in [2.45, 2.75) is 6.92 Å². The fourth-order valence-corrected chi connectivity index (χ4v) is 2.24. The molecule has 0 saturated carbocycles. The highest BCUT2D eigenvalue weighted by Gasteiger charge is 2.18. The van der Waals surface area contributed by atoms with Crippen molar-refractivity contribution in [3.8, 4) is 0 Å². The molecule has 2 aromatic carbocycles. The predicted molar refractivity (Wildman–Crippen MR) is 79.6 cm³/mol. The quantitative estimate of drug-likeness (QED) is 0.771. The largest absolute Gasteiger partial charge is 0.372 e. The van der Waals surface area contributed by atoms with Crippen LogP contribution in [-0.4, -0.2) is 19.4 Å². The van der Waals surface area contributed by atoms with Crippen molar-refractivity contribution in [3.05, 3.63) is 66.0 Å². The van der Waals surface area contributed by atoms with E-state index >= 15 is 0 Å². The average Bonchev–Trinajstić information content (AvgIpc) is 2.47. The highest BCUT2D eigenvalue weighted by atomic mass is 19.1. The summed E-state index contributed by atoms with van der Waals surface area (Å²) in [6, 6.07) is 15.8. The third kappa shape index (κ3) is 3.23. The molecule has 0 aliphatic heterocycles. The maximum atomic E-state index is 13.7. The van der Waals surface area contributed by atoms with Crippen molar-refractivity contribution in [1.82, 2.24) is 0 Å². The Labute approximate surface area is 118 Å². The number of para-hydroxylation sites is 1. The number of ketones is 1. The van der Waals surface area contributed by atoms with Gasteiger partial charge in [0.2, 0.25) is 0 Å². The van der Waals surface area contributed by atoms with Crippen LogP contribution in [0.3, 0.4) is 0 Å². The van der Waals surface area contributed by atoms with E-state index in [9.17, 15) is 9.18 Å². The first-order valence-electron chi connectivity index (χ1n) is 6.64. The van der Waals surface area contributed by atoms with E-state index in [-0.39, 0.29) is 17.5 Å². The Bertz CT molecular complexity index is 583. The van der Waals surface area contributed by atoms with Crippen LogP contribution in [-0.2, 0) is 0 Å². The van der Waals surface area contributed by atoms with Crippen LogP contribution in [0.25, 0.3) is 0 Å². The molecule has 0 radical (unpaired) electrons. The van der Waals surface area contributed by atoms with Crippen molar-refractivity contribution < 1.29 is 9.18 Å². The maximum Gasteiger partial charge on any atom is 0.167 e. The number of anilines is 1. The van der Waals surface area contributed by atoms with E-state index in [1.165, 1.54) is 6.07 Å². The van der Waals surface area contributed by atoms with E-state index in [4.69, 9.17) is 0 Å². The monoisotopic (exact) mass is 271 g/mol. The Kier molecular flexibility index (Phi) is 4.51. The molecule has 0 fully saturated rings. The van der Waals surface area contributed by atoms with Crippen LogP contribution in [0.1, 0.15) is 17.3 Å². The summed E-state index contributed by atoms with van der Waals surface area (Å²) >= 11 is 0. The van der Waals surface area contributed by atoms with E-state index in [1.54, 1.807) is 30.1 Å². The Morgan fingerprint density at radius 1 is 1.10 bits per heavy atom. The lowest BCUT2D eigenvalue weighted by Gasteiger charge is -2.23. The second-order valence-electron chi connectivity index (χ2n) is 4.96. The lowest BCUT2D eigenvalue weighted by atomic mass is 9.99. The van der Waals surface area contributed by atoms with Gasteiger partial charge in [0, 0.05) is 25.1 Å². The molecule has 1 unspecified atom stereocenters. The SMILES string of the molecule is CC(CN(C)c1ccccc1F)C(=O)c1ccccc1. The normalized spacial score (nSPS) is 11.9. The van der Waals surface area contributed by atoms with Crippen LogP contribution >= 0.6 is 0 Å². The molecule has 2 aromatic rings. The third-order valence-electron chi connectivity index (χ3n) is 3.32. The van der Waals surface area contributed by atoms with Crippen LogP contribution in [0, 0.1) is 11.7 Å². The molecule has 0 N–H and O–H groups in total. The molecule has 0 bridgehead atoms. The van der Waals surface area contributed by atoms with Crippen LogP contribution in [0.15, 0.2) is 54.6 Å². The van der Waals surface area contributed by atoms with Gasteiger partial charge >= 0.3 is 0 Å². The van der Waals surface area contributed by atoms with Gasteiger partial charge in [-0.2, -0.15) is 0 Å². The third-order valence-corrected chi connectivity index (χ3v) is 3.32. The molecular formula is C17H18FNO. The van der Waals surface area contributed by atoms with Crippen molar-refractivity contribution in [2.24, 2.45) is 5.92 Å². The first kappa shape index (κ1) is 14.3. The van der Waals surface area contributed by atoms with Gasteiger partial charge in [0.1, 0.15) is 5.82 Å². The van der Waals surface area contributed by atoms with Gasteiger partial charge in [0.15, 0.2) is 5.78 Å². The van der Waals surface area contributed by atoms with Gasteiger partial charge in [-0.3, -0.25) is 4.79 Å². The molecular weight excluding hydrogens is 253 g/mol. The van der Waals surface area contributed by atoms with Gasteiger partial charge in [0.05, 0.1) is 5.69 Å². The summed E-state index contributed by atoms with van der Waals surface area (Å²) in [7, 11) is 1.80. The van der Waals surface area contributed by atoms with E-state index in [0.717, 1.165) is 0 Å². The predicted octanol–water partition coefficient (Wildman–Crippen LogP) is 3.78. The standard InChI is InChI=1S/C17H18FNO/c1-13(17(20)14-8-4-3-5-9-14)12-19(2)16-11-7-6-10-15(16)18/h3-11,13H,12H2,1-2H3. The van der Waals surface area contributed by atoms with Gasteiger partial charge in [-0.25, -0.2) is 4.39 Å². The summed E-state index contributed by atoms with van der Waals surface area (Å²) in [5.41, 5.74) is 1.21. The fourth-order valence-electron chi connectivity index (χ4n) is 2.24. The lowest BCUT2D eigenvalue weighted by Crippen LogP contribution is -2.29. The minimum absolute atomic E-state index is 0.0776. The number of Topliss-reactive ketones (excluding diaryl/α,β-unsaturated/α-hetero) is 1. The zero-order chi connectivity index (χ0) is 14.5. The number of rotatable bonds is 5. The molecule has 0 heterocycles. The Morgan fingerprint density at radius 3 is 2.35 bits per heavy atom.